The lowest BCUT2D eigenvalue weighted by atomic mass is 10.2. The van der Waals surface area contributed by atoms with E-state index in [9.17, 15) is 14.7 Å². The molecule has 25 heavy (non-hydrogen) atoms. The number of hydrogen-bond acceptors (Lipinski definition) is 5. The fraction of sp³-hybridized carbons (Fsp3) is 0.118. The van der Waals surface area contributed by atoms with Gasteiger partial charge in [-0.3, -0.25) is 4.79 Å². The van der Waals surface area contributed by atoms with E-state index in [4.69, 9.17) is 11.6 Å². The molecule has 0 spiro atoms. The Morgan fingerprint density at radius 3 is 2.64 bits per heavy atom. The third-order valence-corrected chi connectivity index (χ3v) is 5.84. The van der Waals surface area contributed by atoms with Gasteiger partial charge < -0.3 is 10.1 Å². The molecule has 3 rings (SSSR count). The van der Waals surface area contributed by atoms with Crippen LogP contribution in [0.15, 0.2) is 34.0 Å². The van der Waals surface area contributed by atoms with Crippen molar-refractivity contribution in [2.45, 2.75) is 11.8 Å². The fourth-order valence-electron chi connectivity index (χ4n) is 2.38. The highest BCUT2D eigenvalue weighted by Gasteiger charge is 2.19. The van der Waals surface area contributed by atoms with Gasteiger partial charge in [0.25, 0.3) is 5.56 Å². The van der Waals surface area contributed by atoms with Crippen LogP contribution in [0.25, 0.3) is 21.3 Å². The molecule has 0 aliphatic carbocycles. The number of aromatic amines is 1. The zero-order valence-electron chi connectivity index (χ0n) is 13.3. The Morgan fingerprint density at radius 2 is 2.04 bits per heavy atom. The van der Waals surface area contributed by atoms with Crippen LogP contribution in [0, 0.1) is 6.92 Å². The second kappa shape index (κ2) is 7.03. The van der Waals surface area contributed by atoms with Gasteiger partial charge in [-0.1, -0.05) is 23.7 Å². The number of halogens is 1. The van der Waals surface area contributed by atoms with Crippen molar-refractivity contribution in [1.29, 1.82) is 0 Å². The average molecular weight is 393 g/mol. The molecule has 3 aromatic rings. The van der Waals surface area contributed by atoms with Crippen molar-refractivity contribution in [3.05, 3.63) is 56.4 Å². The van der Waals surface area contributed by atoms with Gasteiger partial charge in [-0.25, -0.2) is 9.78 Å². The Morgan fingerprint density at radius 1 is 1.36 bits per heavy atom. The van der Waals surface area contributed by atoms with Gasteiger partial charge >= 0.3 is 5.97 Å². The van der Waals surface area contributed by atoms with Crippen LogP contribution in [-0.2, 0) is 0 Å². The number of carboxylic acid groups (broad SMARTS) is 1. The van der Waals surface area contributed by atoms with E-state index in [0.29, 0.717) is 15.8 Å². The van der Waals surface area contributed by atoms with Crippen LogP contribution in [0.2, 0.25) is 0 Å². The van der Waals surface area contributed by atoms with Gasteiger partial charge in [0, 0.05) is 4.90 Å². The number of hydrogen-bond donors (Lipinski definition) is 2. The van der Waals surface area contributed by atoms with Gasteiger partial charge in [0.15, 0.2) is 5.82 Å². The monoisotopic (exact) mass is 392 g/mol. The zero-order valence-corrected chi connectivity index (χ0v) is 15.7. The lowest BCUT2D eigenvalue weighted by Crippen LogP contribution is -2.10. The number of rotatable bonds is 4. The number of carbonyl (C=O) groups is 1. The highest BCUT2D eigenvalue weighted by Crippen LogP contribution is 2.28. The first kappa shape index (κ1) is 17.7. The molecule has 0 fully saturated rings. The number of H-pyrrole nitrogens is 1. The number of carboxylic acids is 1. The summed E-state index contributed by atoms with van der Waals surface area (Å²) in [5.74, 6) is -0.858. The van der Waals surface area contributed by atoms with Crippen LogP contribution >= 0.6 is 34.7 Å². The van der Waals surface area contributed by atoms with Gasteiger partial charge in [0.1, 0.15) is 9.71 Å². The van der Waals surface area contributed by atoms with Crippen LogP contribution < -0.4 is 5.56 Å². The summed E-state index contributed by atoms with van der Waals surface area (Å²) in [6.45, 7) is 1.60. The number of fused-ring (bicyclic) bond motifs is 1. The normalized spacial score (nSPS) is 11.9. The average Bonchev–Trinajstić information content (AvgIpc) is 2.93. The van der Waals surface area contributed by atoms with E-state index in [1.165, 1.54) is 0 Å². The number of thioether (sulfide) groups is 1. The van der Waals surface area contributed by atoms with Crippen LogP contribution in [0.4, 0.5) is 0 Å². The zero-order chi connectivity index (χ0) is 18.1. The summed E-state index contributed by atoms with van der Waals surface area (Å²) >= 11 is 8.92. The molecule has 8 heteroatoms. The SMILES string of the molecule is CSc1ccc(/C=C(\Cl)c2nc3sc(C(=O)O)c(C)c3c(=O)[nH]2)cc1. The minimum atomic E-state index is -1.07. The number of nitrogens with zero attached hydrogens (tertiary/aromatic N) is 1. The maximum atomic E-state index is 12.3. The van der Waals surface area contributed by atoms with Crippen molar-refractivity contribution in [3.63, 3.8) is 0 Å². The van der Waals surface area contributed by atoms with Crippen LogP contribution in [0.1, 0.15) is 26.6 Å². The molecule has 0 radical (unpaired) electrons. The highest BCUT2D eigenvalue weighted by molar-refractivity contribution is 7.98. The summed E-state index contributed by atoms with van der Waals surface area (Å²) in [4.78, 5) is 32.1. The molecule has 0 saturated heterocycles. The molecule has 0 amide bonds. The highest BCUT2D eigenvalue weighted by atomic mass is 35.5. The Labute approximate surface area is 156 Å². The minimum absolute atomic E-state index is 0.109. The Hall–Kier alpha value is -2.09. The van der Waals surface area contributed by atoms with E-state index in [0.717, 1.165) is 21.8 Å². The molecule has 5 nitrogen and oxygen atoms in total. The van der Waals surface area contributed by atoms with Crippen LogP contribution in [-0.4, -0.2) is 27.3 Å². The van der Waals surface area contributed by atoms with Crippen molar-refractivity contribution in [1.82, 2.24) is 9.97 Å². The van der Waals surface area contributed by atoms with Crippen molar-refractivity contribution in [3.8, 4) is 0 Å². The number of benzene rings is 1. The number of thiophene rings is 1. The first-order valence-electron chi connectivity index (χ1n) is 7.19. The number of aryl methyl sites for hydroxylation is 1. The summed E-state index contributed by atoms with van der Waals surface area (Å²) in [7, 11) is 0. The van der Waals surface area contributed by atoms with E-state index in [1.54, 1.807) is 24.8 Å². The summed E-state index contributed by atoms with van der Waals surface area (Å²) in [6.07, 6.45) is 3.70. The van der Waals surface area contributed by atoms with Gasteiger partial charge in [0.05, 0.1) is 10.4 Å². The summed E-state index contributed by atoms with van der Waals surface area (Å²) < 4.78 is 0. The standard InChI is InChI=1S/C17H13ClN2O3S2/c1-8-12-15(21)19-14(20-16(12)25-13(8)17(22)23)11(18)7-9-3-5-10(24-2)6-4-9/h3-7H,1-2H3,(H,22,23)(H,19,20,21)/b11-7-. The molecule has 0 aliphatic rings. The molecular weight excluding hydrogens is 380 g/mol. The number of aromatic carboxylic acids is 1. The molecular formula is C17H13ClN2O3S2. The minimum Gasteiger partial charge on any atom is -0.477 e. The molecule has 0 aliphatic heterocycles. The Bertz CT molecular complexity index is 1050. The third-order valence-electron chi connectivity index (χ3n) is 3.63. The second-order valence-corrected chi connectivity index (χ2v) is 7.51. The molecule has 0 atom stereocenters. The first-order valence-corrected chi connectivity index (χ1v) is 9.61. The Kier molecular flexibility index (Phi) is 4.99. The number of nitrogens with one attached hydrogen (secondary N) is 1. The lowest BCUT2D eigenvalue weighted by molar-refractivity contribution is 0.0701. The van der Waals surface area contributed by atoms with E-state index in [1.807, 2.05) is 30.5 Å². The third kappa shape index (κ3) is 3.49. The van der Waals surface area contributed by atoms with Crippen LogP contribution in [0.5, 0.6) is 0 Å². The molecule has 2 N–H and O–H groups in total. The number of aromatic nitrogens is 2. The quantitative estimate of drug-likeness (QED) is 0.641. The van der Waals surface area contributed by atoms with E-state index < -0.39 is 11.5 Å². The van der Waals surface area contributed by atoms with Crippen molar-refractivity contribution in [2.75, 3.05) is 6.26 Å². The van der Waals surface area contributed by atoms with Crippen molar-refractivity contribution in [2.24, 2.45) is 0 Å². The van der Waals surface area contributed by atoms with E-state index in [2.05, 4.69) is 9.97 Å². The first-order chi connectivity index (χ1) is 11.9. The molecule has 0 bridgehead atoms. The molecule has 2 aromatic heterocycles. The summed E-state index contributed by atoms with van der Waals surface area (Å²) in [5.41, 5.74) is 0.894. The predicted molar refractivity (Wildman–Crippen MR) is 104 cm³/mol. The second-order valence-electron chi connectivity index (χ2n) is 5.22. The van der Waals surface area contributed by atoms with Gasteiger partial charge in [-0.2, -0.15) is 0 Å². The van der Waals surface area contributed by atoms with E-state index >= 15 is 0 Å². The maximum absolute atomic E-state index is 12.3. The van der Waals surface area contributed by atoms with E-state index in [-0.39, 0.29) is 15.7 Å². The lowest BCUT2D eigenvalue weighted by Gasteiger charge is -2.01. The van der Waals surface area contributed by atoms with Gasteiger partial charge in [-0.15, -0.1) is 23.1 Å². The summed E-state index contributed by atoms with van der Waals surface area (Å²) in [5, 5.41) is 9.77. The van der Waals surface area contributed by atoms with Crippen LogP contribution in [0.3, 0.4) is 0 Å². The largest absolute Gasteiger partial charge is 0.477 e. The Balaban J connectivity index is 2.07. The molecule has 1 aromatic carbocycles. The summed E-state index contributed by atoms with van der Waals surface area (Å²) in [6, 6.07) is 7.79. The molecule has 0 unspecified atom stereocenters. The molecule has 2 heterocycles. The topological polar surface area (TPSA) is 83.0 Å². The molecule has 0 saturated carbocycles. The predicted octanol–water partition coefficient (Wildman–Crippen LogP) is 4.45. The van der Waals surface area contributed by atoms with Crippen molar-refractivity contribution >= 4 is 62.0 Å². The van der Waals surface area contributed by atoms with Crippen molar-refractivity contribution < 1.29 is 9.90 Å². The van der Waals surface area contributed by atoms with Gasteiger partial charge in [-0.05, 0) is 42.5 Å². The maximum Gasteiger partial charge on any atom is 0.346 e. The smallest absolute Gasteiger partial charge is 0.346 e. The fourth-order valence-corrected chi connectivity index (χ4v) is 4.02. The van der Waals surface area contributed by atoms with Gasteiger partial charge in [0.2, 0.25) is 0 Å². The molecule has 128 valence electrons.